The second-order valence-electron chi connectivity index (χ2n) is 6.45. The van der Waals surface area contributed by atoms with Crippen molar-refractivity contribution in [3.8, 4) is 11.8 Å². The fourth-order valence-electron chi connectivity index (χ4n) is 3.22. The van der Waals surface area contributed by atoms with Crippen LogP contribution in [-0.2, 0) is 19.0 Å². The zero-order chi connectivity index (χ0) is 21.8. The number of carbonyl (C=O) groups is 1. The molecule has 156 valence electrons. The van der Waals surface area contributed by atoms with Crippen LogP contribution in [0.15, 0.2) is 47.1 Å². The summed E-state index contributed by atoms with van der Waals surface area (Å²) in [5.41, 5.74) is 7.17. The molecule has 1 aliphatic heterocycles. The summed E-state index contributed by atoms with van der Waals surface area (Å²) in [5, 5.41) is 10.6. The van der Waals surface area contributed by atoms with Crippen LogP contribution in [0.4, 0.5) is 0 Å². The molecule has 1 aromatic carbocycles. The summed E-state index contributed by atoms with van der Waals surface area (Å²) >= 11 is 6.49. The molecule has 2 N–H and O–H groups in total. The molecule has 1 aliphatic rings. The first-order valence-electron chi connectivity index (χ1n) is 8.99. The molecule has 0 bridgehead atoms. The Morgan fingerprint density at radius 2 is 2.10 bits per heavy atom. The van der Waals surface area contributed by atoms with Gasteiger partial charge in [-0.05, 0) is 25.1 Å². The minimum Gasteiger partial charge on any atom is -0.497 e. The smallest absolute Gasteiger partial charge is 0.338 e. The average Bonchev–Trinajstić information content (AvgIpc) is 2.72. The summed E-state index contributed by atoms with van der Waals surface area (Å²) < 4.78 is 20.9. The van der Waals surface area contributed by atoms with Crippen molar-refractivity contribution >= 4 is 28.5 Å². The highest BCUT2D eigenvalue weighted by atomic mass is 35.5. The topological polar surface area (TPSA) is 117 Å². The maximum atomic E-state index is 12.8. The molecule has 2 heterocycles. The molecule has 1 atom stereocenters. The van der Waals surface area contributed by atoms with Gasteiger partial charge in [0.15, 0.2) is 0 Å². The van der Waals surface area contributed by atoms with Crippen molar-refractivity contribution in [1.82, 2.24) is 4.98 Å². The fourth-order valence-corrected chi connectivity index (χ4v) is 3.48. The molecule has 9 heteroatoms. The molecule has 8 nitrogen and oxygen atoms in total. The lowest BCUT2D eigenvalue weighted by Gasteiger charge is -2.27. The lowest BCUT2D eigenvalue weighted by Crippen LogP contribution is -2.26. The third-order valence-corrected chi connectivity index (χ3v) is 4.97. The van der Waals surface area contributed by atoms with Crippen molar-refractivity contribution in [2.45, 2.75) is 12.8 Å². The summed E-state index contributed by atoms with van der Waals surface area (Å²) in [5.74, 6) is -0.778. The summed E-state index contributed by atoms with van der Waals surface area (Å²) in [6, 6.07) is 9.12. The molecular weight excluding hydrogens is 410 g/mol. The average molecular weight is 430 g/mol. The first-order chi connectivity index (χ1) is 14.4. The van der Waals surface area contributed by atoms with Crippen molar-refractivity contribution in [2.75, 3.05) is 27.4 Å². The second-order valence-corrected chi connectivity index (χ2v) is 6.81. The highest BCUT2D eigenvalue weighted by Gasteiger charge is 2.38. The maximum Gasteiger partial charge on any atom is 0.338 e. The van der Waals surface area contributed by atoms with Gasteiger partial charge in [0.2, 0.25) is 5.88 Å². The number of hydrogen-bond donors (Lipinski definition) is 1. The molecule has 2 aromatic rings. The number of nitrogens with zero attached hydrogens (tertiary/aromatic N) is 2. The number of pyridine rings is 1. The van der Waals surface area contributed by atoms with Crippen molar-refractivity contribution in [1.29, 1.82) is 5.26 Å². The van der Waals surface area contributed by atoms with E-state index in [9.17, 15) is 10.1 Å². The van der Waals surface area contributed by atoms with Gasteiger partial charge in [-0.25, -0.2) is 9.78 Å². The second kappa shape index (κ2) is 9.03. The molecule has 0 unspecified atom stereocenters. The zero-order valence-corrected chi connectivity index (χ0v) is 17.4. The Labute approximate surface area is 178 Å². The number of benzene rings is 1. The van der Waals surface area contributed by atoms with Gasteiger partial charge in [-0.2, -0.15) is 5.26 Å². The van der Waals surface area contributed by atoms with E-state index < -0.39 is 11.9 Å². The molecule has 30 heavy (non-hydrogen) atoms. The lowest BCUT2D eigenvalue weighted by atomic mass is 9.83. The van der Waals surface area contributed by atoms with Crippen molar-refractivity contribution in [3.63, 3.8) is 0 Å². The normalized spacial score (nSPS) is 16.3. The van der Waals surface area contributed by atoms with E-state index in [1.54, 1.807) is 32.2 Å². The van der Waals surface area contributed by atoms with E-state index in [0.717, 1.165) is 5.39 Å². The van der Waals surface area contributed by atoms with Crippen molar-refractivity contribution in [2.24, 2.45) is 5.73 Å². The number of fused-ring (bicyclic) bond motifs is 1. The van der Waals surface area contributed by atoms with Crippen LogP contribution in [0.25, 0.3) is 10.9 Å². The predicted molar refractivity (Wildman–Crippen MR) is 109 cm³/mol. The standard InChI is InChI=1S/C21H20ClN3O5/c1-11-17(21(26)29-7-6-27-2)18(15(10-23)20(24)30-11)14-8-12-4-5-13(28-3)9-16(12)25-19(14)22/h4-5,8-9,18H,6-7,24H2,1-3H3/t18-/m1/s1. The third kappa shape index (κ3) is 4.03. The molecule has 0 aliphatic carbocycles. The number of methoxy groups -OCH3 is 2. The third-order valence-electron chi connectivity index (χ3n) is 4.66. The quantitative estimate of drug-likeness (QED) is 0.422. The molecule has 1 aromatic heterocycles. The largest absolute Gasteiger partial charge is 0.497 e. The first-order valence-corrected chi connectivity index (χ1v) is 9.37. The summed E-state index contributed by atoms with van der Waals surface area (Å²) in [6.45, 7) is 1.85. The zero-order valence-electron chi connectivity index (χ0n) is 16.7. The first kappa shape index (κ1) is 21.4. The summed E-state index contributed by atoms with van der Waals surface area (Å²) in [6.07, 6.45) is 0. The van der Waals surface area contributed by atoms with Gasteiger partial charge in [-0.1, -0.05) is 11.6 Å². The number of carbonyl (C=O) groups excluding carboxylic acids is 1. The molecule has 0 spiro atoms. The van der Waals surface area contributed by atoms with E-state index in [0.29, 0.717) is 16.8 Å². The SMILES string of the molecule is COCCOC(=O)C1=C(C)OC(N)=C(C#N)[C@H]1c1cc2ccc(OC)cc2nc1Cl. The Kier molecular flexibility index (Phi) is 6.45. The van der Waals surface area contributed by atoms with Crippen LogP contribution in [0.5, 0.6) is 5.75 Å². The number of nitrogens with two attached hydrogens (primary N) is 1. The van der Waals surface area contributed by atoms with Gasteiger partial charge in [0.05, 0.1) is 30.7 Å². The van der Waals surface area contributed by atoms with Gasteiger partial charge in [0.25, 0.3) is 0 Å². The Hall–Kier alpha value is -3.28. The van der Waals surface area contributed by atoms with Gasteiger partial charge in [-0.3, -0.25) is 0 Å². The highest BCUT2D eigenvalue weighted by Crippen LogP contribution is 2.42. The van der Waals surface area contributed by atoms with Crippen molar-refractivity contribution in [3.05, 3.63) is 57.8 Å². The minimum absolute atomic E-state index is 0.0451. The molecular formula is C21H20ClN3O5. The molecule has 0 radical (unpaired) electrons. The highest BCUT2D eigenvalue weighted by molar-refractivity contribution is 6.30. The Bertz CT molecular complexity index is 1100. The number of esters is 1. The van der Waals surface area contributed by atoms with Crippen molar-refractivity contribution < 1.29 is 23.7 Å². The van der Waals surface area contributed by atoms with E-state index in [2.05, 4.69) is 4.98 Å². The van der Waals surface area contributed by atoms with Gasteiger partial charge >= 0.3 is 5.97 Å². The molecule has 3 rings (SSSR count). The number of allylic oxidation sites excluding steroid dienone is 2. The summed E-state index contributed by atoms with van der Waals surface area (Å²) in [7, 11) is 3.05. The van der Waals surface area contributed by atoms with E-state index in [4.69, 9.17) is 36.3 Å². The van der Waals surface area contributed by atoms with Gasteiger partial charge in [-0.15, -0.1) is 0 Å². The number of halogens is 1. The van der Waals surface area contributed by atoms with Crippen LogP contribution in [0.3, 0.4) is 0 Å². The summed E-state index contributed by atoms with van der Waals surface area (Å²) in [4.78, 5) is 17.2. The van der Waals surface area contributed by atoms with Crippen LogP contribution in [0.2, 0.25) is 5.15 Å². The Morgan fingerprint density at radius 3 is 2.77 bits per heavy atom. The monoisotopic (exact) mass is 429 g/mol. The van der Waals surface area contributed by atoms with Crippen LogP contribution in [-0.4, -0.2) is 38.4 Å². The number of ether oxygens (including phenoxy) is 4. The molecule has 0 saturated heterocycles. The van der Waals surface area contributed by atoms with Crippen LogP contribution >= 0.6 is 11.6 Å². The molecule has 0 amide bonds. The van der Waals surface area contributed by atoms with E-state index in [1.807, 2.05) is 12.1 Å². The van der Waals surface area contributed by atoms with Crippen LogP contribution in [0.1, 0.15) is 18.4 Å². The lowest BCUT2D eigenvalue weighted by molar-refractivity contribution is -0.140. The van der Waals surface area contributed by atoms with Crippen LogP contribution < -0.4 is 10.5 Å². The minimum atomic E-state index is -0.884. The van der Waals surface area contributed by atoms with E-state index in [-0.39, 0.29) is 41.2 Å². The Balaban J connectivity index is 2.15. The molecule has 0 fully saturated rings. The number of nitriles is 1. The Morgan fingerprint density at radius 1 is 1.33 bits per heavy atom. The van der Waals surface area contributed by atoms with Gasteiger partial charge < -0.3 is 24.7 Å². The number of rotatable bonds is 6. The van der Waals surface area contributed by atoms with E-state index >= 15 is 0 Å². The predicted octanol–water partition coefficient (Wildman–Crippen LogP) is 3.17. The number of aromatic nitrogens is 1. The maximum absolute atomic E-state index is 12.8. The van der Waals surface area contributed by atoms with Gasteiger partial charge in [0, 0.05) is 24.1 Å². The van der Waals surface area contributed by atoms with Gasteiger partial charge in [0.1, 0.15) is 34.9 Å². The molecule has 0 saturated carbocycles. The van der Waals surface area contributed by atoms with Crippen LogP contribution in [0, 0.1) is 11.3 Å². The van der Waals surface area contributed by atoms with E-state index in [1.165, 1.54) is 7.11 Å². The fraction of sp³-hybridized carbons (Fsp3) is 0.286. The number of hydrogen-bond acceptors (Lipinski definition) is 8.